The quantitative estimate of drug-likeness (QED) is 0.373. The third kappa shape index (κ3) is 1.35. The summed E-state index contributed by atoms with van der Waals surface area (Å²) in [4.78, 5) is 0. The third-order valence-corrected chi connectivity index (χ3v) is 5.70. The Morgan fingerprint density at radius 1 is 0.765 bits per heavy atom. The molecule has 17 heavy (non-hydrogen) atoms. The Bertz CT molecular complexity index is 854. The first-order valence-corrected chi connectivity index (χ1v) is 7.33. The molecule has 0 saturated heterocycles. The van der Waals surface area contributed by atoms with Crippen molar-refractivity contribution >= 4 is 63.8 Å². The maximum Gasteiger partial charge on any atom is 0.0542 e. The van der Waals surface area contributed by atoms with E-state index in [-0.39, 0.29) is 0 Å². The lowest BCUT2D eigenvalue weighted by Gasteiger charge is -1.90. The summed E-state index contributed by atoms with van der Waals surface area (Å²) in [7, 11) is 0. The Hall–Kier alpha value is -1.09. The zero-order valence-electron chi connectivity index (χ0n) is 8.74. The van der Waals surface area contributed by atoms with Gasteiger partial charge in [-0.1, -0.05) is 35.9 Å². The van der Waals surface area contributed by atoms with E-state index in [4.69, 9.17) is 11.6 Å². The number of benzene rings is 2. The van der Waals surface area contributed by atoms with Gasteiger partial charge in [-0.05, 0) is 18.2 Å². The molecule has 2 heterocycles. The van der Waals surface area contributed by atoms with Gasteiger partial charge in [0.25, 0.3) is 0 Å². The molecule has 2 aromatic heterocycles. The van der Waals surface area contributed by atoms with E-state index in [0.29, 0.717) is 0 Å². The van der Waals surface area contributed by atoms with Crippen molar-refractivity contribution in [3.05, 3.63) is 47.5 Å². The highest BCUT2D eigenvalue weighted by molar-refractivity contribution is 7.36. The van der Waals surface area contributed by atoms with E-state index in [1.165, 1.54) is 29.6 Å². The van der Waals surface area contributed by atoms with Crippen LogP contribution in [0.15, 0.2) is 42.5 Å². The Kier molecular flexibility index (Phi) is 2.01. The first-order valence-electron chi connectivity index (χ1n) is 5.32. The molecule has 0 N–H and O–H groups in total. The van der Waals surface area contributed by atoms with Crippen LogP contribution < -0.4 is 0 Å². The van der Waals surface area contributed by atoms with E-state index in [1.807, 2.05) is 28.7 Å². The van der Waals surface area contributed by atoms with Gasteiger partial charge in [-0.2, -0.15) is 0 Å². The summed E-state index contributed by atoms with van der Waals surface area (Å²) in [6.07, 6.45) is 0. The Morgan fingerprint density at radius 3 is 2.35 bits per heavy atom. The van der Waals surface area contributed by atoms with Crippen molar-refractivity contribution in [1.29, 1.82) is 0 Å². The van der Waals surface area contributed by atoms with Crippen LogP contribution in [0.25, 0.3) is 29.6 Å². The van der Waals surface area contributed by atoms with Gasteiger partial charge in [0, 0.05) is 25.2 Å². The molecule has 0 aliphatic rings. The molecule has 3 heteroatoms. The predicted octanol–water partition coefficient (Wildman–Crippen LogP) is 5.92. The smallest absolute Gasteiger partial charge is 0.0542 e. The van der Waals surface area contributed by atoms with Gasteiger partial charge in [0.2, 0.25) is 0 Å². The van der Waals surface area contributed by atoms with E-state index in [0.717, 1.165) is 5.02 Å². The molecular formula is C14H7ClS2. The van der Waals surface area contributed by atoms with Crippen LogP contribution in [0.4, 0.5) is 0 Å². The van der Waals surface area contributed by atoms with Gasteiger partial charge in [0.15, 0.2) is 0 Å². The molecule has 0 aliphatic heterocycles. The van der Waals surface area contributed by atoms with Crippen LogP contribution in [0.3, 0.4) is 0 Å². The van der Waals surface area contributed by atoms with Crippen molar-refractivity contribution in [2.75, 3.05) is 0 Å². The van der Waals surface area contributed by atoms with E-state index >= 15 is 0 Å². The second-order valence-corrected chi connectivity index (χ2v) is 6.54. The van der Waals surface area contributed by atoms with E-state index in [2.05, 4.69) is 36.4 Å². The van der Waals surface area contributed by atoms with Crippen molar-refractivity contribution < 1.29 is 0 Å². The zero-order chi connectivity index (χ0) is 11.4. The monoisotopic (exact) mass is 274 g/mol. The lowest BCUT2D eigenvalue weighted by atomic mass is 10.2. The Labute approximate surface area is 111 Å². The topological polar surface area (TPSA) is 0 Å². The van der Waals surface area contributed by atoms with E-state index in [9.17, 15) is 0 Å². The number of hydrogen-bond donors (Lipinski definition) is 0. The summed E-state index contributed by atoms with van der Waals surface area (Å²) in [6.45, 7) is 0. The first-order chi connectivity index (χ1) is 8.33. The Balaban J connectivity index is 2.29. The van der Waals surface area contributed by atoms with Crippen LogP contribution in [0, 0.1) is 0 Å². The van der Waals surface area contributed by atoms with Gasteiger partial charge in [0.1, 0.15) is 0 Å². The molecule has 0 aliphatic carbocycles. The van der Waals surface area contributed by atoms with Gasteiger partial charge in [-0.25, -0.2) is 0 Å². The normalized spacial score (nSPS) is 11.8. The molecular weight excluding hydrogens is 268 g/mol. The lowest BCUT2D eigenvalue weighted by Crippen LogP contribution is -1.62. The summed E-state index contributed by atoms with van der Waals surface area (Å²) < 4.78 is 5.43. The second kappa shape index (κ2) is 3.45. The fourth-order valence-corrected chi connectivity index (χ4v) is 5.11. The maximum absolute atomic E-state index is 6.04. The van der Waals surface area contributed by atoms with Crippen LogP contribution in [0.5, 0.6) is 0 Å². The van der Waals surface area contributed by atoms with E-state index < -0.39 is 0 Å². The molecule has 0 atom stereocenters. The number of thiophene rings is 2. The maximum atomic E-state index is 6.04. The zero-order valence-corrected chi connectivity index (χ0v) is 11.1. The van der Waals surface area contributed by atoms with Crippen LogP contribution >= 0.6 is 34.3 Å². The minimum atomic E-state index is 0.815. The molecule has 4 rings (SSSR count). The fraction of sp³-hybridized carbons (Fsp3) is 0. The summed E-state index contributed by atoms with van der Waals surface area (Å²) in [6, 6.07) is 14.8. The summed E-state index contributed by atoms with van der Waals surface area (Å²) in [5.41, 5.74) is 0. The number of fused-ring (bicyclic) bond motifs is 5. The average Bonchev–Trinajstić information content (AvgIpc) is 2.84. The number of hydrogen-bond acceptors (Lipinski definition) is 2. The first kappa shape index (κ1) is 9.89. The lowest BCUT2D eigenvalue weighted by molar-refractivity contribution is 1.87. The SMILES string of the molecule is Clc1ccc2c(c1)sc1c3ccccc3sc21. The van der Waals surface area contributed by atoms with Crippen molar-refractivity contribution in [1.82, 2.24) is 0 Å². The molecule has 2 aromatic carbocycles. The highest BCUT2D eigenvalue weighted by Crippen LogP contribution is 2.44. The van der Waals surface area contributed by atoms with Crippen molar-refractivity contribution in [2.24, 2.45) is 0 Å². The summed E-state index contributed by atoms with van der Waals surface area (Å²) >= 11 is 9.75. The molecule has 0 radical (unpaired) electrons. The van der Waals surface area contributed by atoms with E-state index in [1.54, 1.807) is 0 Å². The number of rotatable bonds is 0. The van der Waals surface area contributed by atoms with Crippen LogP contribution in [-0.2, 0) is 0 Å². The van der Waals surface area contributed by atoms with Crippen molar-refractivity contribution in [2.45, 2.75) is 0 Å². The minimum Gasteiger partial charge on any atom is -0.134 e. The Morgan fingerprint density at radius 2 is 1.47 bits per heavy atom. The molecule has 0 spiro atoms. The second-order valence-electron chi connectivity index (χ2n) is 4.00. The van der Waals surface area contributed by atoms with Gasteiger partial charge >= 0.3 is 0 Å². The van der Waals surface area contributed by atoms with Gasteiger partial charge in [0.05, 0.1) is 9.40 Å². The van der Waals surface area contributed by atoms with Gasteiger partial charge in [-0.15, -0.1) is 22.7 Å². The molecule has 0 nitrogen and oxygen atoms in total. The van der Waals surface area contributed by atoms with Crippen molar-refractivity contribution in [3.63, 3.8) is 0 Å². The van der Waals surface area contributed by atoms with Crippen LogP contribution in [-0.4, -0.2) is 0 Å². The summed E-state index contributed by atoms with van der Waals surface area (Å²) in [5.74, 6) is 0. The van der Waals surface area contributed by atoms with Crippen LogP contribution in [0.2, 0.25) is 5.02 Å². The standard InChI is InChI=1S/C14H7ClS2/c15-8-5-6-10-12(7-8)17-13-9-3-1-2-4-11(9)16-14(10)13/h1-7H. The highest BCUT2D eigenvalue weighted by Gasteiger charge is 2.11. The summed E-state index contributed by atoms with van der Waals surface area (Å²) in [5, 5.41) is 3.51. The fourth-order valence-electron chi connectivity index (χ4n) is 2.18. The van der Waals surface area contributed by atoms with Gasteiger partial charge < -0.3 is 0 Å². The minimum absolute atomic E-state index is 0.815. The molecule has 82 valence electrons. The van der Waals surface area contributed by atoms with Crippen LogP contribution in [0.1, 0.15) is 0 Å². The largest absolute Gasteiger partial charge is 0.134 e. The van der Waals surface area contributed by atoms with Gasteiger partial charge in [-0.3, -0.25) is 0 Å². The molecule has 0 amide bonds. The number of halogens is 1. The van der Waals surface area contributed by atoms with Crippen molar-refractivity contribution in [3.8, 4) is 0 Å². The molecule has 0 bridgehead atoms. The highest BCUT2D eigenvalue weighted by atomic mass is 35.5. The average molecular weight is 275 g/mol. The third-order valence-electron chi connectivity index (χ3n) is 2.95. The predicted molar refractivity (Wildman–Crippen MR) is 79.7 cm³/mol. The molecule has 0 saturated carbocycles. The molecule has 4 aromatic rings. The molecule has 0 unspecified atom stereocenters. The molecule has 0 fully saturated rings.